The van der Waals surface area contributed by atoms with Crippen LogP contribution in [-0.2, 0) is 26.4 Å². The Labute approximate surface area is 125 Å². The quantitative estimate of drug-likeness (QED) is 0.770. The summed E-state index contributed by atoms with van der Waals surface area (Å²) in [6.07, 6.45) is 3.25. The summed E-state index contributed by atoms with van der Waals surface area (Å²) in [5.41, 5.74) is -2.39. The molecule has 0 saturated carbocycles. The third-order valence-corrected chi connectivity index (χ3v) is 3.38. The number of hydrogen-bond donors (Lipinski definition) is 1. The maximum absolute atomic E-state index is 13.9. The van der Waals surface area contributed by atoms with Gasteiger partial charge in [0, 0.05) is 11.6 Å². The monoisotopic (exact) mass is 333 g/mol. The largest absolute Gasteiger partial charge is 0.381 e. The van der Waals surface area contributed by atoms with Gasteiger partial charge in [-0.2, -0.15) is 13.5 Å². The second kappa shape index (κ2) is 6.07. The molecule has 10 heteroatoms. The van der Waals surface area contributed by atoms with Crippen molar-refractivity contribution in [2.24, 2.45) is 0 Å². The van der Waals surface area contributed by atoms with E-state index in [1.54, 1.807) is 0 Å². The summed E-state index contributed by atoms with van der Waals surface area (Å²) in [5.74, 6) is -1.85. The number of hydrogen-bond acceptors (Lipinski definition) is 6. The van der Waals surface area contributed by atoms with Crippen LogP contribution >= 0.6 is 0 Å². The maximum atomic E-state index is 13.9. The summed E-state index contributed by atoms with van der Waals surface area (Å²) < 4.78 is 55.0. The third kappa shape index (κ3) is 4.06. The molecule has 0 fully saturated rings. The van der Waals surface area contributed by atoms with Crippen molar-refractivity contribution in [1.29, 1.82) is 0 Å². The van der Waals surface area contributed by atoms with Crippen LogP contribution in [0.4, 0.5) is 8.78 Å². The molecule has 0 saturated heterocycles. The lowest BCUT2D eigenvalue weighted by Crippen LogP contribution is -2.38. The van der Waals surface area contributed by atoms with Crippen molar-refractivity contribution in [3.8, 4) is 0 Å². The van der Waals surface area contributed by atoms with E-state index in [1.807, 2.05) is 0 Å². The minimum absolute atomic E-state index is 0.312. The summed E-state index contributed by atoms with van der Waals surface area (Å²) in [6, 6.07) is 2.56. The molecule has 0 aliphatic carbocycles. The van der Waals surface area contributed by atoms with E-state index in [1.165, 1.54) is 17.3 Å². The van der Waals surface area contributed by atoms with E-state index in [-0.39, 0.29) is 12.1 Å². The van der Waals surface area contributed by atoms with Crippen LogP contribution in [0.3, 0.4) is 0 Å². The second-order valence-electron chi connectivity index (χ2n) is 4.72. The van der Waals surface area contributed by atoms with Gasteiger partial charge in [-0.1, -0.05) is 6.07 Å². The van der Waals surface area contributed by atoms with Gasteiger partial charge in [-0.05, 0) is 6.07 Å². The number of nitrogens with zero attached hydrogens (tertiary/aromatic N) is 3. The number of benzene rings is 1. The molecule has 0 bridgehead atoms. The van der Waals surface area contributed by atoms with Gasteiger partial charge in [0.15, 0.2) is 0 Å². The molecular weight excluding hydrogens is 320 g/mol. The lowest BCUT2D eigenvalue weighted by Gasteiger charge is -2.28. The molecule has 0 radical (unpaired) electrons. The fraction of sp³-hybridized carbons (Fsp3) is 0.333. The zero-order chi connectivity index (χ0) is 16.4. The molecule has 0 aliphatic rings. The highest BCUT2D eigenvalue weighted by atomic mass is 32.2. The molecule has 1 aromatic heterocycles. The molecule has 1 N–H and O–H groups in total. The van der Waals surface area contributed by atoms with Crippen LogP contribution in [0.2, 0.25) is 0 Å². The molecule has 2 aromatic rings. The predicted octanol–water partition coefficient (Wildman–Crippen LogP) is 0.420. The van der Waals surface area contributed by atoms with Crippen molar-refractivity contribution in [3.63, 3.8) is 0 Å². The third-order valence-electron chi connectivity index (χ3n) is 2.83. The minimum Gasteiger partial charge on any atom is -0.381 e. The molecule has 0 spiro atoms. The molecule has 0 unspecified atom stereocenters. The van der Waals surface area contributed by atoms with Crippen molar-refractivity contribution < 1.29 is 26.5 Å². The Kier molecular flexibility index (Phi) is 4.54. The molecular formula is C12H13F2N3O4S. The summed E-state index contributed by atoms with van der Waals surface area (Å²) in [5, 5.41) is 14.4. The smallest absolute Gasteiger partial charge is 0.264 e. The van der Waals surface area contributed by atoms with Crippen molar-refractivity contribution in [2.75, 3.05) is 12.9 Å². The Morgan fingerprint density at radius 1 is 1.41 bits per heavy atom. The van der Waals surface area contributed by atoms with Gasteiger partial charge in [0.1, 0.15) is 36.5 Å². The fourth-order valence-corrected chi connectivity index (χ4v) is 2.27. The van der Waals surface area contributed by atoms with E-state index in [2.05, 4.69) is 14.3 Å². The Morgan fingerprint density at radius 3 is 2.68 bits per heavy atom. The fourth-order valence-electron chi connectivity index (χ4n) is 1.86. The molecule has 2 rings (SSSR count). The predicted molar refractivity (Wildman–Crippen MR) is 71.1 cm³/mol. The van der Waals surface area contributed by atoms with E-state index in [4.69, 9.17) is 0 Å². The molecule has 1 atom stereocenters. The van der Waals surface area contributed by atoms with Crippen molar-refractivity contribution in [1.82, 2.24) is 14.8 Å². The Hall–Kier alpha value is -1.91. The van der Waals surface area contributed by atoms with Gasteiger partial charge in [0.05, 0.1) is 12.8 Å². The molecule has 1 heterocycles. The number of aliphatic hydroxyl groups is 1. The van der Waals surface area contributed by atoms with E-state index in [0.29, 0.717) is 6.07 Å². The van der Waals surface area contributed by atoms with Gasteiger partial charge in [-0.15, -0.1) is 0 Å². The zero-order valence-electron chi connectivity index (χ0n) is 11.5. The van der Waals surface area contributed by atoms with E-state index < -0.39 is 34.0 Å². The van der Waals surface area contributed by atoms with Crippen LogP contribution in [0.5, 0.6) is 0 Å². The lowest BCUT2D eigenvalue weighted by molar-refractivity contribution is -0.0277. The van der Waals surface area contributed by atoms with Crippen LogP contribution < -0.4 is 0 Å². The Bertz CT molecular complexity index is 752. The summed E-state index contributed by atoms with van der Waals surface area (Å²) in [7, 11) is -3.87. The Morgan fingerprint density at radius 2 is 2.14 bits per heavy atom. The van der Waals surface area contributed by atoms with Crippen LogP contribution in [-0.4, -0.2) is 41.2 Å². The molecule has 120 valence electrons. The van der Waals surface area contributed by atoms with Crippen molar-refractivity contribution in [3.05, 3.63) is 48.1 Å². The first kappa shape index (κ1) is 16.5. The topological polar surface area (TPSA) is 94.3 Å². The van der Waals surface area contributed by atoms with Gasteiger partial charge in [0.25, 0.3) is 10.1 Å². The first-order valence-electron chi connectivity index (χ1n) is 6.04. The van der Waals surface area contributed by atoms with Crippen molar-refractivity contribution >= 4 is 10.1 Å². The first-order chi connectivity index (χ1) is 10.2. The molecule has 0 amide bonds. The number of rotatable bonds is 6. The van der Waals surface area contributed by atoms with E-state index in [0.717, 1.165) is 18.4 Å². The normalized spacial score (nSPS) is 14.7. The first-order valence-corrected chi connectivity index (χ1v) is 7.86. The number of aromatic nitrogens is 3. The SMILES string of the molecule is CS(=O)(=O)OC[C@](O)(Cn1cncn1)c1ccc(F)cc1F. The molecule has 22 heavy (non-hydrogen) atoms. The zero-order valence-corrected chi connectivity index (χ0v) is 12.3. The van der Waals surface area contributed by atoms with Crippen LogP contribution in [0.1, 0.15) is 5.56 Å². The highest BCUT2D eigenvalue weighted by molar-refractivity contribution is 7.85. The second-order valence-corrected chi connectivity index (χ2v) is 6.36. The molecule has 0 aliphatic heterocycles. The maximum Gasteiger partial charge on any atom is 0.264 e. The van der Waals surface area contributed by atoms with Gasteiger partial charge in [-0.25, -0.2) is 18.4 Å². The summed E-state index contributed by atoms with van der Waals surface area (Å²) in [6.45, 7) is -1.08. The van der Waals surface area contributed by atoms with Crippen LogP contribution in [0, 0.1) is 11.6 Å². The van der Waals surface area contributed by atoms with Crippen molar-refractivity contribution in [2.45, 2.75) is 12.1 Å². The minimum atomic E-state index is -3.87. The highest BCUT2D eigenvalue weighted by Gasteiger charge is 2.35. The van der Waals surface area contributed by atoms with E-state index in [9.17, 15) is 22.3 Å². The van der Waals surface area contributed by atoms with Gasteiger partial charge >= 0.3 is 0 Å². The highest BCUT2D eigenvalue weighted by Crippen LogP contribution is 2.27. The van der Waals surface area contributed by atoms with Gasteiger partial charge < -0.3 is 5.11 Å². The standard InChI is InChI=1S/C12H13F2N3O4S/c1-22(19,20)21-6-12(18,5-17-8-15-7-16-17)10-3-2-9(13)4-11(10)14/h2-4,7-8,18H,5-6H2,1H3/t12-/m1/s1. The van der Waals surface area contributed by atoms with Crippen LogP contribution in [0.15, 0.2) is 30.9 Å². The molecule has 1 aromatic carbocycles. The van der Waals surface area contributed by atoms with E-state index >= 15 is 0 Å². The van der Waals surface area contributed by atoms with Crippen LogP contribution in [0.25, 0.3) is 0 Å². The van der Waals surface area contributed by atoms with Gasteiger partial charge in [0.2, 0.25) is 0 Å². The average Bonchev–Trinajstić information content (AvgIpc) is 2.88. The summed E-state index contributed by atoms with van der Waals surface area (Å²) in [4.78, 5) is 3.67. The van der Waals surface area contributed by atoms with Gasteiger partial charge in [-0.3, -0.25) is 4.18 Å². The number of halogens is 2. The lowest BCUT2D eigenvalue weighted by atomic mass is 9.94. The molecule has 7 nitrogen and oxygen atoms in total. The summed E-state index contributed by atoms with van der Waals surface area (Å²) >= 11 is 0. The average molecular weight is 333 g/mol. The Balaban J connectivity index is 2.39.